The van der Waals surface area contributed by atoms with E-state index in [1.54, 1.807) is 30.1 Å². The van der Waals surface area contributed by atoms with Crippen LogP contribution in [0.4, 0.5) is 24.7 Å². The van der Waals surface area contributed by atoms with Crippen molar-refractivity contribution in [1.29, 1.82) is 0 Å². The van der Waals surface area contributed by atoms with Gasteiger partial charge in [-0.15, -0.1) is 11.3 Å². The third-order valence-corrected chi connectivity index (χ3v) is 7.84. The van der Waals surface area contributed by atoms with Crippen LogP contribution in [0.1, 0.15) is 17.5 Å². The van der Waals surface area contributed by atoms with Crippen LogP contribution in [0.25, 0.3) is 0 Å². The minimum absolute atomic E-state index is 0.00134. The van der Waals surface area contributed by atoms with Gasteiger partial charge >= 0.3 is 0 Å². The number of aromatic nitrogens is 1. The third kappa shape index (κ3) is 6.15. The molecule has 2 N–H and O–H groups in total. The average Bonchev–Trinajstić information content (AvgIpc) is 3.50. The summed E-state index contributed by atoms with van der Waals surface area (Å²) in [7, 11) is -2.77. The maximum Gasteiger partial charge on any atom is 0.290 e. The number of hydrogen-bond donors (Lipinski definition) is 2. The summed E-state index contributed by atoms with van der Waals surface area (Å²) in [4.78, 5) is 15.0. The van der Waals surface area contributed by atoms with Crippen LogP contribution >= 0.6 is 11.3 Å². The topological polar surface area (TPSA) is 103 Å². The standard InChI is InChI=1S/C22H23F3N4O2S2.CH2O2/c1-14-19(9-18(24)22(21(14)25)33(30,31)27-20-12-32-13-26-20)28(2)16-7-8-29(11-16)10-15-5-3-4-6-17(15)23;2-1-3/h3-6,9,12-13,16,27H,7-8,10-11H2,1-2H3;1H,(H,2,3)/t16-;/m0./s1. The average molecular weight is 543 g/mol. The van der Waals surface area contributed by atoms with Gasteiger partial charge in [0.2, 0.25) is 0 Å². The van der Waals surface area contributed by atoms with Crippen molar-refractivity contribution >= 4 is 39.3 Å². The van der Waals surface area contributed by atoms with E-state index < -0.39 is 26.6 Å². The molecule has 8 nitrogen and oxygen atoms in total. The van der Waals surface area contributed by atoms with Crippen LogP contribution in [-0.4, -0.2) is 56.1 Å². The molecule has 0 bridgehead atoms. The van der Waals surface area contributed by atoms with Gasteiger partial charge in [-0.25, -0.2) is 26.6 Å². The molecule has 3 aromatic rings. The van der Waals surface area contributed by atoms with Gasteiger partial charge in [-0.2, -0.15) is 0 Å². The lowest BCUT2D eigenvalue weighted by molar-refractivity contribution is -0.122. The molecule has 1 saturated heterocycles. The highest BCUT2D eigenvalue weighted by molar-refractivity contribution is 7.92. The van der Waals surface area contributed by atoms with Crippen LogP contribution in [0.2, 0.25) is 0 Å². The summed E-state index contributed by atoms with van der Waals surface area (Å²) < 4.78 is 71.3. The summed E-state index contributed by atoms with van der Waals surface area (Å²) in [5.41, 5.74) is 2.31. The number of benzene rings is 2. The lowest BCUT2D eigenvalue weighted by Gasteiger charge is -2.29. The first-order valence-electron chi connectivity index (χ1n) is 10.7. The summed E-state index contributed by atoms with van der Waals surface area (Å²) in [5, 5.41) is 8.32. The first-order chi connectivity index (χ1) is 17.1. The highest BCUT2D eigenvalue weighted by Crippen LogP contribution is 2.33. The fourth-order valence-electron chi connectivity index (χ4n) is 4.08. The van der Waals surface area contributed by atoms with Gasteiger partial charge in [0.05, 0.1) is 5.51 Å². The Kier molecular flexibility index (Phi) is 8.93. The number of nitrogens with one attached hydrogen (secondary N) is 1. The molecular formula is C23H25F3N4O4S2. The highest BCUT2D eigenvalue weighted by atomic mass is 32.2. The minimum Gasteiger partial charge on any atom is -0.483 e. The number of rotatable bonds is 7. The molecule has 36 heavy (non-hydrogen) atoms. The first-order valence-corrected chi connectivity index (χ1v) is 13.2. The lowest BCUT2D eigenvalue weighted by Crippen LogP contribution is -2.35. The number of carbonyl (C=O) groups is 1. The van der Waals surface area contributed by atoms with Crippen molar-refractivity contribution in [2.24, 2.45) is 0 Å². The monoisotopic (exact) mass is 542 g/mol. The number of anilines is 2. The van der Waals surface area contributed by atoms with Crippen molar-refractivity contribution in [2.45, 2.75) is 30.8 Å². The molecule has 0 spiro atoms. The number of thiazole rings is 1. The summed E-state index contributed by atoms with van der Waals surface area (Å²) in [6, 6.07) is 7.56. The molecule has 194 valence electrons. The molecule has 0 aliphatic carbocycles. The zero-order valence-corrected chi connectivity index (χ0v) is 21.1. The van der Waals surface area contributed by atoms with E-state index in [-0.39, 0.29) is 35.4 Å². The van der Waals surface area contributed by atoms with E-state index in [9.17, 15) is 17.2 Å². The van der Waals surface area contributed by atoms with E-state index >= 15 is 4.39 Å². The first kappa shape index (κ1) is 27.4. The van der Waals surface area contributed by atoms with Crippen LogP contribution in [0.5, 0.6) is 0 Å². The Morgan fingerprint density at radius 2 is 1.97 bits per heavy atom. The normalized spacial score (nSPS) is 15.8. The zero-order chi connectivity index (χ0) is 26.5. The molecule has 1 fully saturated rings. The van der Waals surface area contributed by atoms with Crippen LogP contribution in [0.15, 0.2) is 46.1 Å². The lowest BCUT2D eigenvalue weighted by atomic mass is 10.1. The summed E-state index contributed by atoms with van der Waals surface area (Å²) in [6.45, 7) is 2.91. The second kappa shape index (κ2) is 11.7. The van der Waals surface area contributed by atoms with E-state index in [0.717, 1.165) is 23.8 Å². The molecular weight excluding hydrogens is 517 g/mol. The van der Waals surface area contributed by atoms with Crippen molar-refractivity contribution in [1.82, 2.24) is 9.88 Å². The largest absolute Gasteiger partial charge is 0.483 e. The Morgan fingerprint density at radius 3 is 2.61 bits per heavy atom. The molecule has 13 heteroatoms. The van der Waals surface area contributed by atoms with Crippen molar-refractivity contribution < 1.29 is 31.5 Å². The fraction of sp³-hybridized carbons (Fsp3) is 0.304. The molecule has 0 saturated carbocycles. The van der Waals surface area contributed by atoms with Crippen molar-refractivity contribution in [3.8, 4) is 0 Å². The Labute approximate surface area is 211 Å². The number of likely N-dealkylation sites (N-methyl/N-ethyl adjacent to an activating group) is 1. The van der Waals surface area contributed by atoms with E-state index in [0.29, 0.717) is 25.2 Å². The summed E-state index contributed by atoms with van der Waals surface area (Å²) in [6.07, 6.45) is 0.721. The minimum atomic E-state index is -4.49. The van der Waals surface area contributed by atoms with Gasteiger partial charge in [0.25, 0.3) is 16.5 Å². The highest BCUT2D eigenvalue weighted by Gasteiger charge is 2.32. The second-order valence-corrected chi connectivity index (χ2v) is 10.4. The number of hydrogen-bond acceptors (Lipinski definition) is 7. The summed E-state index contributed by atoms with van der Waals surface area (Å²) >= 11 is 1.15. The maximum absolute atomic E-state index is 15.1. The molecule has 1 aromatic heterocycles. The van der Waals surface area contributed by atoms with E-state index in [1.807, 2.05) is 0 Å². The van der Waals surface area contributed by atoms with Gasteiger partial charge < -0.3 is 10.0 Å². The zero-order valence-electron chi connectivity index (χ0n) is 19.5. The van der Waals surface area contributed by atoms with Gasteiger partial charge in [0.1, 0.15) is 11.6 Å². The molecule has 1 aliphatic heterocycles. The van der Waals surface area contributed by atoms with Crippen LogP contribution in [0.3, 0.4) is 0 Å². The predicted octanol–water partition coefficient (Wildman–Crippen LogP) is 4.08. The number of likely N-dealkylation sites (tertiary alicyclic amines) is 1. The van der Waals surface area contributed by atoms with E-state index in [1.165, 1.54) is 23.9 Å². The van der Waals surface area contributed by atoms with E-state index in [2.05, 4.69) is 14.6 Å². The molecule has 2 aromatic carbocycles. The van der Waals surface area contributed by atoms with Crippen molar-refractivity contribution in [2.75, 3.05) is 29.8 Å². The molecule has 2 heterocycles. The van der Waals surface area contributed by atoms with Gasteiger partial charge in [0.15, 0.2) is 16.5 Å². The quantitative estimate of drug-likeness (QED) is 0.434. The third-order valence-electron chi connectivity index (χ3n) is 5.86. The smallest absolute Gasteiger partial charge is 0.290 e. The van der Waals surface area contributed by atoms with Gasteiger partial charge in [0, 0.05) is 54.9 Å². The number of carboxylic acid groups (broad SMARTS) is 1. The number of sulfonamides is 1. The molecule has 0 amide bonds. The molecule has 0 unspecified atom stereocenters. The van der Waals surface area contributed by atoms with Crippen molar-refractivity contribution in [3.63, 3.8) is 0 Å². The van der Waals surface area contributed by atoms with Crippen LogP contribution < -0.4 is 9.62 Å². The van der Waals surface area contributed by atoms with E-state index in [4.69, 9.17) is 9.90 Å². The molecule has 0 radical (unpaired) electrons. The summed E-state index contributed by atoms with van der Waals surface area (Å²) in [5.74, 6) is -2.58. The Bertz CT molecular complexity index is 1310. The van der Waals surface area contributed by atoms with Gasteiger partial charge in [-0.05, 0) is 25.5 Å². The predicted molar refractivity (Wildman–Crippen MR) is 131 cm³/mol. The SMILES string of the molecule is Cc1c(N(C)[C@H]2CCN(Cc3ccccc3F)C2)cc(F)c(S(=O)(=O)Nc2cscn2)c1F.O=CO. The van der Waals surface area contributed by atoms with Crippen LogP contribution in [-0.2, 0) is 21.4 Å². The number of halogens is 3. The molecule has 1 aliphatic rings. The Morgan fingerprint density at radius 1 is 1.28 bits per heavy atom. The van der Waals surface area contributed by atoms with Crippen molar-refractivity contribution in [3.05, 3.63) is 69.8 Å². The van der Waals surface area contributed by atoms with Gasteiger partial charge in [-0.1, -0.05) is 18.2 Å². The fourth-order valence-corrected chi connectivity index (χ4v) is 5.83. The molecule has 4 rings (SSSR count). The van der Waals surface area contributed by atoms with Crippen LogP contribution in [0, 0.1) is 24.4 Å². The van der Waals surface area contributed by atoms with Gasteiger partial charge in [-0.3, -0.25) is 14.4 Å². The number of nitrogens with zero attached hydrogens (tertiary/aromatic N) is 3. The second-order valence-electron chi connectivity index (χ2n) is 8.11. The Hall–Kier alpha value is -3.16. The maximum atomic E-state index is 15.1. The molecule has 1 atom stereocenters. The Balaban J connectivity index is 0.00000115.